The Hall–Kier alpha value is -0.780. The summed E-state index contributed by atoms with van der Waals surface area (Å²) in [7, 11) is 0. The fraction of sp³-hybridized carbons (Fsp3) is 0.500. The number of fused-ring (bicyclic) bond motifs is 1. The van der Waals surface area contributed by atoms with Gasteiger partial charge >= 0.3 is 0 Å². The molecular formula is C12H16BrNO3. The minimum absolute atomic E-state index is 0.309. The Bertz CT molecular complexity index is 384. The molecule has 0 bridgehead atoms. The fourth-order valence-corrected chi connectivity index (χ4v) is 2.07. The van der Waals surface area contributed by atoms with Gasteiger partial charge in [-0.3, -0.25) is 0 Å². The summed E-state index contributed by atoms with van der Waals surface area (Å²) < 4.78 is 16.9. The Balaban J connectivity index is 1.88. The Morgan fingerprint density at radius 3 is 2.88 bits per heavy atom. The predicted molar refractivity (Wildman–Crippen MR) is 68.5 cm³/mol. The maximum Gasteiger partial charge on any atom is 0.231 e. The zero-order valence-corrected chi connectivity index (χ0v) is 11.4. The van der Waals surface area contributed by atoms with Crippen LogP contribution in [-0.2, 0) is 11.3 Å². The molecule has 4 nitrogen and oxygen atoms in total. The molecule has 0 amide bonds. The van der Waals surface area contributed by atoms with Crippen LogP contribution in [0.1, 0.15) is 12.5 Å². The molecule has 1 aromatic rings. The first-order chi connectivity index (χ1) is 8.31. The van der Waals surface area contributed by atoms with E-state index in [0.717, 1.165) is 47.8 Å². The molecule has 0 radical (unpaired) electrons. The number of nitrogens with one attached hydrogen (secondary N) is 1. The van der Waals surface area contributed by atoms with Gasteiger partial charge in [0.15, 0.2) is 11.5 Å². The van der Waals surface area contributed by atoms with Gasteiger partial charge in [-0.25, -0.2) is 0 Å². The first kappa shape index (κ1) is 12.7. The maximum absolute atomic E-state index is 5.34. The van der Waals surface area contributed by atoms with Gasteiger partial charge in [0.1, 0.15) is 0 Å². The third kappa shape index (κ3) is 3.34. The third-order valence-corrected chi connectivity index (χ3v) is 3.22. The molecule has 0 saturated carbocycles. The monoisotopic (exact) mass is 301 g/mol. The summed E-state index contributed by atoms with van der Waals surface area (Å²) in [5.74, 6) is 1.62. The standard InChI is InChI=1S/C12H16BrNO3/c1-2-15-4-3-14-7-9-5-11-12(6-10(9)13)17-8-16-11/h5-6,14H,2-4,7-8H2,1H3. The molecule has 1 N–H and O–H groups in total. The lowest BCUT2D eigenvalue weighted by Crippen LogP contribution is -2.19. The molecule has 1 heterocycles. The van der Waals surface area contributed by atoms with Gasteiger partial charge in [-0.2, -0.15) is 0 Å². The van der Waals surface area contributed by atoms with E-state index in [4.69, 9.17) is 14.2 Å². The molecule has 17 heavy (non-hydrogen) atoms. The summed E-state index contributed by atoms with van der Waals surface area (Å²) in [6.07, 6.45) is 0. The zero-order chi connectivity index (χ0) is 12.1. The fourth-order valence-electron chi connectivity index (χ4n) is 1.61. The second kappa shape index (κ2) is 6.23. The van der Waals surface area contributed by atoms with E-state index in [1.165, 1.54) is 0 Å². The molecule has 1 aromatic carbocycles. The Labute approximate surface area is 109 Å². The van der Waals surface area contributed by atoms with Gasteiger partial charge in [-0.1, -0.05) is 15.9 Å². The van der Waals surface area contributed by atoms with Crippen LogP contribution in [-0.4, -0.2) is 26.6 Å². The molecule has 0 aliphatic carbocycles. The van der Waals surface area contributed by atoms with Crippen molar-refractivity contribution in [3.63, 3.8) is 0 Å². The van der Waals surface area contributed by atoms with Crippen molar-refractivity contribution in [1.29, 1.82) is 0 Å². The highest BCUT2D eigenvalue weighted by Crippen LogP contribution is 2.36. The van der Waals surface area contributed by atoms with E-state index in [2.05, 4.69) is 21.2 Å². The first-order valence-electron chi connectivity index (χ1n) is 5.67. The molecule has 0 atom stereocenters. The molecule has 0 unspecified atom stereocenters. The third-order valence-electron chi connectivity index (χ3n) is 2.48. The van der Waals surface area contributed by atoms with Gasteiger partial charge in [0, 0.05) is 24.2 Å². The van der Waals surface area contributed by atoms with E-state index in [1.807, 2.05) is 19.1 Å². The number of benzene rings is 1. The number of hydrogen-bond acceptors (Lipinski definition) is 4. The van der Waals surface area contributed by atoms with Gasteiger partial charge in [-0.15, -0.1) is 0 Å². The Morgan fingerprint density at radius 1 is 1.35 bits per heavy atom. The highest BCUT2D eigenvalue weighted by Gasteiger charge is 2.15. The van der Waals surface area contributed by atoms with Crippen molar-refractivity contribution in [2.45, 2.75) is 13.5 Å². The van der Waals surface area contributed by atoms with Crippen molar-refractivity contribution < 1.29 is 14.2 Å². The first-order valence-corrected chi connectivity index (χ1v) is 6.47. The largest absolute Gasteiger partial charge is 0.454 e. The lowest BCUT2D eigenvalue weighted by molar-refractivity contribution is 0.149. The second-order valence-corrected chi connectivity index (χ2v) is 4.52. The molecule has 0 fully saturated rings. The highest BCUT2D eigenvalue weighted by atomic mass is 79.9. The van der Waals surface area contributed by atoms with E-state index < -0.39 is 0 Å². The van der Waals surface area contributed by atoms with Gasteiger partial charge in [0.05, 0.1) is 6.61 Å². The predicted octanol–water partition coefficient (Wildman–Crippen LogP) is 2.30. The van der Waals surface area contributed by atoms with Crippen molar-refractivity contribution in [2.75, 3.05) is 26.6 Å². The summed E-state index contributed by atoms with van der Waals surface area (Å²) >= 11 is 3.53. The van der Waals surface area contributed by atoms with Crippen LogP contribution < -0.4 is 14.8 Å². The molecule has 0 spiro atoms. The van der Waals surface area contributed by atoms with Crippen LogP contribution in [0.5, 0.6) is 11.5 Å². The molecule has 2 rings (SSSR count). The van der Waals surface area contributed by atoms with Crippen molar-refractivity contribution in [3.05, 3.63) is 22.2 Å². The number of ether oxygens (including phenoxy) is 3. The summed E-state index contributed by atoms with van der Waals surface area (Å²) in [4.78, 5) is 0. The summed E-state index contributed by atoms with van der Waals surface area (Å²) in [6.45, 7) is 5.42. The summed E-state index contributed by atoms with van der Waals surface area (Å²) in [5.41, 5.74) is 1.16. The minimum atomic E-state index is 0.309. The van der Waals surface area contributed by atoms with Gasteiger partial charge in [0.25, 0.3) is 0 Å². The number of hydrogen-bond donors (Lipinski definition) is 1. The maximum atomic E-state index is 5.34. The van der Waals surface area contributed by atoms with E-state index in [9.17, 15) is 0 Å². The van der Waals surface area contributed by atoms with Crippen LogP contribution >= 0.6 is 15.9 Å². The Morgan fingerprint density at radius 2 is 2.12 bits per heavy atom. The molecule has 0 aromatic heterocycles. The molecular weight excluding hydrogens is 286 g/mol. The number of rotatable bonds is 6. The van der Waals surface area contributed by atoms with Crippen molar-refractivity contribution in [1.82, 2.24) is 5.32 Å². The summed E-state index contributed by atoms with van der Waals surface area (Å²) in [5, 5.41) is 3.32. The van der Waals surface area contributed by atoms with Crippen LogP contribution in [0.2, 0.25) is 0 Å². The van der Waals surface area contributed by atoms with E-state index in [0.29, 0.717) is 6.79 Å². The van der Waals surface area contributed by atoms with Crippen molar-refractivity contribution in [2.24, 2.45) is 0 Å². The SMILES string of the molecule is CCOCCNCc1cc2c(cc1Br)OCO2. The van der Waals surface area contributed by atoms with E-state index in [-0.39, 0.29) is 0 Å². The minimum Gasteiger partial charge on any atom is -0.454 e. The molecule has 94 valence electrons. The number of halogens is 1. The molecule has 5 heteroatoms. The average molecular weight is 302 g/mol. The van der Waals surface area contributed by atoms with Crippen LogP contribution in [0.3, 0.4) is 0 Å². The quantitative estimate of drug-likeness (QED) is 0.819. The lowest BCUT2D eigenvalue weighted by Gasteiger charge is -2.08. The molecule has 1 aliphatic heterocycles. The topological polar surface area (TPSA) is 39.7 Å². The van der Waals surface area contributed by atoms with Crippen LogP contribution in [0.25, 0.3) is 0 Å². The van der Waals surface area contributed by atoms with E-state index in [1.54, 1.807) is 0 Å². The van der Waals surface area contributed by atoms with Crippen molar-refractivity contribution >= 4 is 15.9 Å². The lowest BCUT2D eigenvalue weighted by atomic mass is 10.2. The highest BCUT2D eigenvalue weighted by molar-refractivity contribution is 9.10. The van der Waals surface area contributed by atoms with Crippen LogP contribution in [0.4, 0.5) is 0 Å². The van der Waals surface area contributed by atoms with Gasteiger partial charge in [-0.05, 0) is 24.6 Å². The van der Waals surface area contributed by atoms with Crippen LogP contribution in [0.15, 0.2) is 16.6 Å². The smallest absolute Gasteiger partial charge is 0.231 e. The Kier molecular flexibility index (Phi) is 4.65. The zero-order valence-electron chi connectivity index (χ0n) is 9.79. The average Bonchev–Trinajstić information content (AvgIpc) is 2.76. The second-order valence-electron chi connectivity index (χ2n) is 3.67. The summed E-state index contributed by atoms with van der Waals surface area (Å²) in [6, 6.07) is 3.95. The van der Waals surface area contributed by atoms with Gasteiger partial charge in [0.2, 0.25) is 6.79 Å². The normalized spacial score (nSPS) is 13.1. The van der Waals surface area contributed by atoms with Gasteiger partial charge < -0.3 is 19.5 Å². The molecule has 1 aliphatic rings. The molecule has 0 saturated heterocycles. The van der Waals surface area contributed by atoms with E-state index >= 15 is 0 Å². The van der Waals surface area contributed by atoms with Crippen LogP contribution in [0, 0.1) is 0 Å². The van der Waals surface area contributed by atoms with Crippen molar-refractivity contribution in [3.8, 4) is 11.5 Å².